The fraction of sp³-hybridized carbons (Fsp3) is 0.750. The molecule has 0 saturated carbocycles. The molecular formula is C8H13N. The standard InChI is InChI=1S/C8H13N/c1-2-6-9-7-3-5-8(9)4-1/h2,6,8H,1,3-5,7H2. The second-order valence-corrected chi connectivity index (χ2v) is 3.00. The second-order valence-electron chi connectivity index (χ2n) is 3.00. The molecule has 0 radical (unpaired) electrons. The van der Waals surface area contributed by atoms with Crippen molar-refractivity contribution >= 4 is 0 Å². The summed E-state index contributed by atoms with van der Waals surface area (Å²) >= 11 is 0. The van der Waals surface area contributed by atoms with Crippen molar-refractivity contribution in [3.8, 4) is 0 Å². The van der Waals surface area contributed by atoms with E-state index in [4.69, 9.17) is 0 Å². The van der Waals surface area contributed by atoms with Crippen LogP contribution in [-0.4, -0.2) is 17.5 Å². The quantitative estimate of drug-likeness (QED) is 0.474. The molecule has 1 fully saturated rings. The minimum atomic E-state index is 0.912. The monoisotopic (exact) mass is 123 g/mol. The maximum atomic E-state index is 2.49. The van der Waals surface area contributed by atoms with E-state index in [-0.39, 0.29) is 0 Å². The number of rotatable bonds is 0. The zero-order valence-electron chi connectivity index (χ0n) is 5.71. The number of hydrogen-bond acceptors (Lipinski definition) is 1. The summed E-state index contributed by atoms with van der Waals surface area (Å²) in [6.45, 7) is 1.31. The van der Waals surface area contributed by atoms with Crippen molar-refractivity contribution < 1.29 is 0 Å². The van der Waals surface area contributed by atoms with E-state index in [0.717, 1.165) is 6.04 Å². The summed E-state index contributed by atoms with van der Waals surface area (Å²) in [7, 11) is 0. The molecule has 0 aromatic rings. The third-order valence-electron chi connectivity index (χ3n) is 2.39. The smallest absolute Gasteiger partial charge is 0.0287 e. The van der Waals surface area contributed by atoms with E-state index in [1.165, 1.54) is 32.2 Å². The van der Waals surface area contributed by atoms with Gasteiger partial charge < -0.3 is 4.90 Å². The summed E-state index contributed by atoms with van der Waals surface area (Å²) in [5.74, 6) is 0. The van der Waals surface area contributed by atoms with E-state index >= 15 is 0 Å². The lowest BCUT2D eigenvalue weighted by molar-refractivity contribution is 0.317. The number of hydrogen-bond donors (Lipinski definition) is 0. The van der Waals surface area contributed by atoms with Crippen molar-refractivity contribution in [1.82, 2.24) is 4.90 Å². The van der Waals surface area contributed by atoms with Gasteiger partial charge in [-0.2, -0.15) is 0 Å². The lowest BCUT2D eigenvalue weighted by Crippen LogP contribution is -2.25. The summed E-state index contributed by atoms with van der Waals surface area (Å²) in [5.41, 5.74) is 0. The van der Waals surface area contributed by atoms with Crippen LogP contribution in [0.5, 0.6) is 0 Å². The fourth-order valence-corrected chi connectivity index (χ4v) is 1.86. The van der Waals surface area contributed by atoms with Gasteiger partial charge in [-0.05, 0) is 31.9 Å². The van der Waals surface area contributed by atoms with Gasteiger partial charge >= 0.3 is 0 Å². The first-order valence-corrected chi connectivity index (χ1v) is 3.89. The molecule has 50 valence electrons. The predicted octanol–water partition coefficient (Wildman–Crippen LogP) is 1.76. The molecule has 0 aromatic carbocycles. The molecule has 1 unspecified atom stereocenters. The molecule has 0 aromatic heterocycles. The van der Waals surface area contributed by atoms with E-state index in [2.05, 4.69) is 17.2 Å². The first-order chi connectivity index (χ1) is 4.47. The predicted molar refractivity (Wildman–Crippen MR) is 38.1 cm³/mol. The number of fused-ring (bicyclic) bond motifs is 1. The zero-order valence-corrected chi connectivity index (χ0v) is 5.71. The Hall–Kier alpha value is -0.460. The molecule has 0 amide bonds. The molecule has 1 atom stereocenters. The first kappa shape index (κ1) is 5.33. The van der Waals surface area contributed by atoms with E-state index in [1.807, 2.05) is 0 Å². The lowest BCUT2D eigenvalue weighted by atomic mass is 10.1. The number of allylic oxidation sites excluding steroid dienone is 1. The molecule has 1 nitrogen and oxygen atoms in total. The van der Waals surface area contributed by atoms with Gasteiger partial charge in [-0.3, -0.25) is 0 Å². The van der Waals surface area contributed by atoms with Crippen LogP contribution in [0.4, 0.5) is 0 Å². The van der Waals surface area contributed by atoms with Gasteiger partial charge in [0, 0.05) is 12.6 Å². The maximum Gasteiger partial charge on any atom is 0.0287 e. The van der Waals surface area contributed by atoms with Gasteiger partial charge in [-0.25, -0.2) is 0 Å². The zero-order chi connectivity index (χ0) is 6.10. The Morgan fingerprint density at radius 1 is 1.33 bits per heavy atom. The molecular weight excluding hydrogens is 110 g/mol. The Balaban J connectivity index is 2.10. The molecule has 2 heterocycles. The molecule has 2 aliphatic heterocycles. The molecule has 0 N–H and O–H groups in total. The van der Waals surface area contributed by atoms with Gasteiger partial charge in [0.25, 0.3) is 0 Å². The van der Waals surface area contributed by atoms with E-state index < -0.39 is 0 Å². The number of nitrogens with zero attached hydrogens (tertiary/aromatic N) is 1. The van der Waals surface area contributed by atoms with E-state index in [1.54, 1.807) is 0 Å². The molecule has 0 spiro atoms. The van der Waals surface area contributed by atoms with Gasteiger partial charge in [0.1, 0.15) is 0 Å². The summed E-state index contributed by atoms with van der Waals surface area (Å²) < 4.78 is 0. The van der Waals surface area contributed by atoms with Crippen LogP contribution >= 0.6 is 0 Å². The average molecular weight is 123 g/mol. The Morgan fingerprint density at radius 2 is 2.33 bits per heavy atom. The molecule has 0 aliphatic carbocycles. The van der Waals surface area contributed by atoms with Gasteiger partial charge in [-0.1, -0.05) is 6.08 Å². The Morgan fingerprint density at radius 3 is 3.22 bits per heavy atom. The minimum absolute atomic E-state index is 0.912. The average Bonchev–Trinajstić information content (AvgIpc) is 2.33. The third kappa shape index (κ3) is 0.846. The van der Waals surface area contributed by atoms with Crippen LogP contribution in [0, 0.1) is 0 Å². The highest BCUT2D eigenvalue weighted by Crippen LogP contribution is 2.24. The van der Waals surface area contributed by atoms with Gasteiger partial charge in [0.15, 0.2) is 0 Å². The van der Waals surface area contributed by atoms with Gasteiger partial charge in [0.05, 0.1) is 0 Å². The van der Waals surface area contributed by atoms with Crippen molar-refractivity contribution in [2.24, 2.45) is 0 Å². The Bertz CT molecular complexity index is 129. The summed E-state index contributed by atoms with van der Waals surface area (Å²) in [6.07, 6.45) is 10.1. The van der Waals surface area contributed by atoms with Crippen molar-refractivity contribution in [2.75, 3.05) is 6.54 Å². The molecule has 2 aliphatic rings. The van der Waals surface area contributed by atoms with Crippen LogP contribution in [-0.2, 0) is 0 Å². The summed E-state index contributed by atoms with van der Waals surface area (Å²) in [5, 5.41) is 0. The SMILES string of the molecule is C1=CN2CCCC2CC1. The molecule has 0 bridgehead atoms. The molecule has 1 saturated heterocycles. The van der Waals surface area contributed by atoms with Crippen molar-refractivity contribution in [3.63, 3.8) is 0 Å². The van der Waals surface area contributed by atoms with Gasteiger partial charge in [-0.15, -0.1) is 0 Å². The van der Waals surface area contributed by atoms with Crippen LogP contribution < -0.4 is 0 Å². The topological polar surface area (TPSA) is 3.24 Å². The highest BCUT2D eigenvalue weighted by atomic mass is 15.2. The van der Waals surface area contributed by atoms with Crippen LogP contribution in [0.15, 0.2) is 12.3 Å². The molecule has 1 heteroatoms. The third-order valence-corrected chi connectivity index (χ3v) is 2.39. The maximum absolute atomic E-state index is 2.49. The fourth-order valence-electron chi connectivity index (χ4n) is 1.86. The Labute approximate surface area is 56.4 Å². The summed E-state index contributed by atoms with van der Waals surface area (Å²) in [6, 6.07) is 0.912. The summed E-state index contributed by atoms with van der Waals surface area (Å²) in [4.78, 5) is 2.49. The van der Waals surface area contributed by atoms with Crippen molar-refractivity contribution in [1.29, 1.82) is 0 Å². The van der Waals surface area contributed by atoms with Crippen LogP contribution in [0.1, 0.15) is 25.7 Å². The highest BCUT2D eigenvalue weighted by molar-refractivity contribution is 4.96. The van der Waals surface area contributed by atoms with Gasteiger partial charge in [0.2, 0.25) is 0 Å². The normalized spacial score (nSPS) is 32.9. The van der Waals surface area contributed by atoms with Crippen LogP contribution in [0.3, 0.4) is 0 Å². The largest absolute Gasteiger partial charge is 0.375 e. The van der Waals surface area contributed by atoms with E-state index in [9.17, 15) is 0 Å². The lowest BCUT2D eigenvalue weighted by Gasteiger charge is -2.25. The Kier molecular flexibility index (Phi) is 1.22. The first-order valence-electron chi connectivity index (χ1n) is 3.89. The van der Waals surface area contributed by atoms with E-state index in [0.29, 0.717) is 0 Å². The van der Waals surface area contributed by atoms with Crippen LogP contribution in [0.2, 0.25) is 0 Å². The van der Waals surface area contributed by atoms with Crippen molar-refractivity contribution in [3.05, 3.63) is 12.3 Å². The molecule has 9 heavy (non-hydrogen) atoms. The minimum Gasteiger partial charge on any atom is -0.375 e. The second kappa shape index (κ2) is 2.05. The van der Waals surface area contributed by atoms with Crippen molar-refractivity contribution in [2.45, 2.75) is 31.7 Å². The van der Waals surface area contributed by atoms with Crippen LogP contribution in [0.25, 0.3) is 0 Å². The molecule has 2 rings (SSSR count). The highest BCUT2D eigenvalue weighted by Gasteiger charge is 2.22.